The van der Waals surface area contributed by atoms with Crippen LogP contribution >= 0.6 is 11.3 Å². The Balaban J connectivity index is 2.41. The Morgan fingerprint density at radius 1 is 1.36 bits per heavy atom. The molecule has 2 rings (SSSR count). The van der Waals surface area contributed by atoms with Crippen molar-refractivity contribution < 1.29 is 0 Å². The van der Waals surface area contributed by atoms with E-state index in [-0.39, 0.29) is 0 Å². The van der Waals surface area contributed by atoms with E-state index in [1.165, 1.54) is 5.56 Å². The smallest absolute Gasteiger partial charge is 0.169 e. The lowest BCUT2D eigenvalue weighted by Gasteiger charge is -1.98. The Morgan fingerprint density at radius 3 is 2.86 bits per heavy atom. The Kier molecular flexibility index (Phi) is 2.70. The first-order valence-electron chi connectivity index (χ1n) is 4.36. The summed E-state index contributed by atoms with van der Waals surface area (Å²) < 4.78 is 0. The van der Waals surface area contributed by atoms with Gasteiger partial charge in [0, 0.05) is 12.4 Å². The van der Waals surface area contributed by atoms with E-state index in [9.17, 15) is 0 Å². The molecule has 2 aromatic heterocycles. The van der Waals surface area contributed by atoms with E-state index in [0.717, 1.165) is 17.1 Å². The second-order valence-electron chi connectivity index (χ2n) is 2.84. The molecule has 0 bridgehead atoms. The summed E-state index contributed by atoms with van der Waals surface area (Å²) >= 11 is 1.67. The lowest BCUT2D eigenvalue weighted by molar-refractivity contribution is 1.17. The number of hydrogen-bond acceptors (Lipinski definition) is 3. The maximum Gasteiger partial charge on any atom is 0.169 e. The van der Waals surface area contributed by atoms with Crippen molar-refractivity contribution in [1.82, 2.24) is 9.97 Å². The number of allylic oxidation sites excluding steroid dienone is 1. The first-order valence-corrected chi connectivity index (χ1v) is 5.24. The zero-order valence-corrected chi connectivity index (χ0v) is 8.50. The molecule has 2 nitrogen and oxygen atoms in total. The van der Waals surface area contributed by atoms with Crippen molar-refractivity contribution in [2.24, 2.45) is 0 Å². The quantitative estimate of drug-likeness (QED) is 0.715. The molecule has 0 fully saturated rings. The molecular weight excluding hydrogens is 192 g/mol. The van der Waals surface area contributed by atoms with Gasteiger partial charge in [-0.1, -0.05) is 6.08 Å². The van der Waals surface area contributed by atoms with E-state index >= 15 is 0 Å². The van der Waals surface area contributed by atoms with Crippen molar-refractivity contribution in [1.29, 1.82) is 0 Å². The molecule has 2 aromatic rings. The summed E-state index contributed by atoms with van der Waals surface area (Å²) in [6, 6.07) is 3.92. The van der Waals surface area contributed by atoms with Gasteiger partial charge in [-0.2, -0.15) is 0 Å². The minimum atomic E-state index is 0.805. The topological polar surface area (TPSA) is 25.8 Å². The summed E-state index contributed by atoms with van der Waals surface area (Å²) in [6.07, 6.45) is 6.30. The summed E-state index contributed by atoms with van der Waals surface area (Å²) in [6.45, 7) is 3.73. The van der Waals surface area contributed by atoms with Crippen LogP contribution in [0.15, 0.2) is 42.6 Å². The van der Waals surface area contributed by atoms with Gasteiger partial charge in [0.2, 0.25) is 0 Å². The van der Waals surface area contributed by atoms with E-state index in [1.807, 2.05) is 12.1 Å². The molecule has 0 N–H and O–H groups in total. The van der Waals surface area contributed by atoms with Crippen molar-refractivity contribution in [3.05, 3.63) is 48.1 Å². The average molecular weight is 202 g/mol. The van der Waals surface area contributed by atoms with Crippen LogP contribution in [-0.4, -0.2) is 9.97 Å². The molecule has 0 radical (unpaired) electrons. The maximum absolute atomic E-state index is 4.23. The van der Waals surface area contributed by atoms with Crippen LogP contribution < -0.4 is 0 Å². The number of rotatable bonds is 3. The van der Waals surface area contributed by atoms with Crippen LogP contribution in [0, 0.1) is 0 Å². The molecule has 0 aliphatic heterocycles. The lowest BCUT2D eigenvalue weighted by atomic mass is 10.2. The first-order chi connectivity index (χ1) is 6.92. The van der Waals surface area contributed by atoms with Crippen LogP contribution in [0.3, 0.4) is 0 Å². The normalized spacial score (nSPS) is 10.0. The molecule has 0 aliphatic carbocycles. The summed E-state index contributed by atoms with van der Waals surface area (Å²) in [4.78, 5) is 9.60. The highest BCUT2D eigenvalue weighted by Gasteiger charge is 2.06. The third-order valence-corrected chi connectivity index (χ3v) is 2.83. The molecule has 0 saturated carbocycles. The van der Waals surface area contributed by atoms with E-state index in [2.05, 4.69) is 28.0 Å². The highest BCUT2D eigenvalue weighted by Crippen LogP contribution is 2.26. The third-order valence-electron chi connectivity index (χ3n) is 1.88. The first kappa shape index (κ1) is 9.09. The van der Waals surface area contributed by atoms with Crippen molar-refractivity contribution in [3.8, 4) is 10.7 Å². The van der Waals surface area contributed by atoms with Gasteiger partial charge in [0.15, 0.2) is 5.82 Å². The Bertz CT molecular complexity index is 420. The van der Waals surface area contributed by atoms with Gasteiger partial charge in [-0.05, 0) is 29.5 Å². The zero-order chi connectivity index (χ0) is 9.80. The number of nitrogens with zero attached hydrogens (tertiary/aromatic N) is 2. The zero-order valence-electron chi connectivity index (χ0n) is 7.68. The predicted octanol–water partition coefficient (Wildman–Crippen LogP) is 2.93. The van der Waals surface area contributed by atoms with Crippen LogP contribution in [0.5, 0.6) is 0 Å². The summed E-state index contributed by atoms with van der Waals surface area (Å²) in [5.41, 5.74) is 1.25. The van der Waals surface area contributed by atoms with Gasteiger partial charge in [0.25, 0.3) is 0 Å². The average Bonchev–Trinajstić information content (AvgIpc) is 2.68. The Hall–Kier alpha value is -1.48. The highest BCUT2D eigenvalue weighted by atomic mass is 32.1. The molecule has 0 aromatic carbocycles. The number of thiophene rings is 1. The molecule has 0 saturated heterocycles. The van der Waals surface area contributed by atoms with Crippen molar-refractivity contribution in [2.75, 3.05) is 0 Å². The van der Waals surface area contributed by atoms with E-state index in [0.29, 0.717) is 0 Å². The Labute approximate surface area is 87.0 Å². The van der Waals surface area contributed by atoms with E-state index in [4.69, 9.17) is 0 Å². The number of aromatic nitrogens is 2. The fourth-order valence-corrected chi connectivity index (χ4v) is 2.15. The van der Waals surface area contributed by atoms with Crippen molar-refractivity contribution in [3.63, 3.8) is 0 Å². The number of hydrogen-bond donors (Lipinski definition) is 0. The van der Waals surface area contributed by atoms with Crippen LogP contribution in [0.2, 0.25) is 0 Å². The fourth-order valence-electron chi connectivity index (χ4n) is 1.26. The molecule has 0 aliphatic rings. The third kappa shape index (κ3) is 1.72. The minimum absolute atomic E-state index is 0.805. The molecule has 3 heteroatoms. The summed E-state index contributed by atoms with van der Waals surface area (Å²) in [5, 5.41) is 2.06. The van der Waals surface area contributed by atoms with Crippen LogP contribution in [0.4, 0.5) is 0 Å². The standard InChI is InChI=1S/C11H10N2S/c1-2-4-9-5-8-14-10(9)11-12-6-3-7-13-11/h2-3,5-8H,1,4H2. The van der Waals surface area contributed by atoms with E-state index in [1.54, 1.807) is 23.7 Å². The molecule has 0 spiro atoms. The highest BCUT2D eigenvalue weighted by molar-refractivity contribution is 7.13. The van der Waals surface area contributed by atoms with Gasteiger partial charge in [-0.15, -0.1) is 17.9 Å². The maximum atomic E-state index is 4.23. The molecule has 2 heterocycles. The Morgan fingerprint density at radius 2 is 2.14 bits per heavy atom. The lowest BCUT2D eigenvalue weighted by Crippen LogP contribution is -1.87. The monoisotopic (exact) mass is 202 g/mol. The van der Waals surface area contributed by atoms with Gasteiger partial charge in [0.1, 0.15) is 0 Å². The van der Waals surface area contributed by atoms with Gasteiger partial charge in [0.05, 0.1) is 4.88 Å². The molecule has 0 unspecified atom stereocenters. The van der Waals surface area contributed by atoms with Crippen LogP contribution in [-0.2, 0) is 6.42 Å². The van der Waals surface area contributed by atoms with Gasteiger partial charge >= 0.3 is 0 Å². The molecule has 0 amide bonds. The van der Waals surface area contributed by atoms with Crippen LogP contribution in [0.25, 0.3) is 10.7 Å². The minimum Gasteiger partial charge on any atom is -0.236 e. The van der Waals surface area contributed by atoms with E-state index < -0.39 is 0 Å². The molecule has 0 atom stereocenters. The van der Waals surface area contributed by atoms with Crippen molar-refractivity contribution in [2.45, 2.75) is 6.42 Å². The van der Waals surface area contributed by atoms with Gasteiger partial charge in [-0.3, -0.25) is 0 Å². The summed E-state index contributed by atoms with van der Waals surface area (Å²) in [7, 11) is 0. The van der Waals surface area contributed by atoms with Gasteiger partial charge < -0.3 is 0 Å². The SMILES string of the molecule is C=CCc1ccsc1-c1ncccn1. The van der Waals surface area contributed by atoms with Crippen molar-refractivity contribution >= 4 is 11.3 Å². The second kappa shape index (κ2) is 4.15. The molecule has 70 valence electrons. The second-order valence-corrected chi connectivity index (χ2v) is 3.76. The summed E-state index contributed by atoms with van der Waals surface area (Å²) in [5.74, 6) is 0.805. The molecule has 14 heavy (non-hydrogen) atoms. The predicted molar refractivity (Wildman–Crippen MR) is 59.2 cm³/mol. The largest absolute Gasteiger partial charge is 0.236 e. The van der Waals surface area contributed by atoms with Gasteiger partial charge in [-0.25, -0.2) is 9.97 Å². The molecular formula is C11H10N2S. The van der Waals surface area contributed by atoms with Crippen LogP contribution in [0.1, 0.15) is 5.56 Å². The fraction of sp³-hybridized carbons (Fsp3) is 0.0909.